The van der Waals surface area contributed by atoms with Crippen molar-refractivity contribution in [1.29, 1.82) is 0 Å². The summed E-state index contributed by atoms with van der Waals surface area (Å²) < 4.78 is 0. The summed E-state index contributed by atoms with van der Waals surface area (Å²) in [5, 5.41) is 3.28. The van der Waals surface area contributed by atoms with E-state index in [1.807, 2.05) is 7.05 Å². The number of carbonyl (C=O) groups is 1. The van der Waals surface area contributed by atoms with Crippen LogP contribution in [0.4, 0.5) is 0 Å². The van der Waals surface area contributed by atoms with Crippen LogP contribution in [-0.2, 0) is 4.79 Å². The first-order valence-corrected chi connectivity index (χ1v) is 7.37. The second-order valence-electron chi connectivity index (χ2n) is 5.79. The minimum atomic E-state index is 0.0497. The van der Waals surface area contributed by atoms with Gasteiger partial charge in [-0.3, -0.25) is 4.79 Å². The van der Waals surface area contributed by atoms with Gasteiger partial charge in [0.2, 0.25) is 5.91 Å². The first kappa shape index (κ1) is 13.8. The van der Waals surface area contributed by atoms with E-state index in [4.69, 9.17) is 0 Å². The normalized spacial score (nSPS) is 25.1. The van der Waals surface area contributed by atoms with Gasteiger partial charge in [0, 0.05) is 26.2 Å². The van der Waals surface area contributed by atoms with E-state index >= 15 is 0 Å². The summed E-state index contributed by atoms with van der Waals surface area (Å²) in [6.45, 7) is 3.79. The molecule has 1 N–H and O–H groups in total. The molecule has 104 valence electrons. The standard InChI is InChI=1S/C14H27N3O/c1-15-13(12-6-4-3-5-7-12)14(18)17-10-8-16(2)9-11-17/h12-13,15H,3-11H2,1-2H3/t13-/m0/s1. The van der Waals surface area contributed by atoms with Crippen molar-refractivity contribution in [2.24, 2.45) is 5.92 Å². The molecule has 2 rings (SSSR count). The van der Waals surface area contributed by atoms with Crippen LogP contribution in [0.2, 0.25) is 0 Å². The van der Waals surface area contributed by atoms with E-state index in [1.165, 1.54) is 32.1 Å². The van der Waals surface area contributed by atoms with Crippen LogP contribution in [0.5, 0.6) is 0 Å². The van der Waals surface area contributed by atoms with Crippen molar-refractivity contribution in [3.8, 4) is 0 Å². The highest BCUT2D eigenvalue weighted by molar-refractivity contribution is 5.82. The fourth-order valence-corrected chi connectivity index (χ4v) is 3.25. The molecule has 0 aromatic heterocycles. The van der Waals surface area contributed by atoms with Gasteiger partial charge in [0.15, 0.2) is 0 Å². The summed E-state index contributed by atoms with van der Waals surface area (Å²) in [5.41, 5.74) is 0. The summed E-state index contributed by atoms with van der Waals surface area (Å²) in [6.07, 6.45) is 6.35. The molecule has 1 aliphatic carbocycles. The predicted molar refractivity (Wildman–Crippen MR) is 73.5 cm³/mol. The second-order valence-corrected chi connectivity index (χ2v) is 5.79. The van der Waals surface area contributed by atoms with Crippen LogP contribution >= 0.6 is 0 Å². The van der Waals surface area contributed by atoms with Gasteiger partial charge in [0.1, 0.15) is 0 Å². The van der Waals surface area contributed by atoms with E-state index in [0.717, 1.165) is 26.2 Å². The van der Waals surface area contributed by atoms with E-state index in [0.29, 0.717) is 11.8 Å². The highest BCUT2D eigenvalue weighted by Gasteiger charge is 2.32. The Balaban J connectivity index is 1.92. The predicted octanol–water partition coefficient (Wildman–Crippen LogP) is 0.929. The zero-order valence-electron chi connectivity index (χ0n) is 11.8. The number of nitrogens with zero attached hydrogens (tertiary/aromatic N) is 2. The summed E-state index contributed by atoms with van der Waals surface area (Å²) >= 11 is 0. The molecular weight excluding hydrogens is 226 g/mol. The van der Waals surface area contributed by atoms with Crippen LogP contribution in [-0.4, -0.2) is 62.0 Å². The highest BCUT2D eigenvalue weighted by Crippen LogP contribution is 2.27. The SMILES string of the molecule is CN[C@H](C(=O)N1CCN(C)CC1)C1CCCCC1. The van der Waals surface area contributed by atoms with Gasteiger partial charge in [0.25, 0.3) is 0 Å². The van der Waals surface area contributed by atoms with Crippen LogP contribution in [0.3, 0.4) is 0 Å². The van der Waals surface area contributed by atoms with Crippen LogP contribution < -0.4 is 5.32 Å². The van der Waals surface area contributed by atoms with Crippen LogP contribution in [0.25, 0.3) is 0 Å². The van der Waals surface area contributed by atoms with Crippen molar-refractivity contribution in [1.82, 2.24) is 15.1 Å². The van der Waals surface area contributed by atoms with Crippen LogP contribution in [0, 0.1) is 5.92 Å². The average Bonchev–Trinajstić information content (AvgIpc) is 2.41. The number of nitrogens with one attached hydrogen (secondary N) is 1. The Labute approximate surface area is 111 Å². The summed E-state index contributed by atoms with van der Waals surface area (Å²) in [5.74, 6) is 0.883. The fraction of sp³-hybridized carbons (Fsp3) is 0.929. The molecular formula is C14H27N3O. The molecule has 18 heavy (non-hydrogen) atoms. The van der Waals surface area contributed by atoms with E-state index in [9.17, 15) is 4.79 Å². The number of rotatable bonds is 3. The Morgan fingerprint density at radius 1 is 1.11 bits per heavy atom. The third-order valence-corrected chi connectivity index (χ3v) is 4.51. The Kier molecular flexibility index (Phi) is 5.01. The maximum Gasteiger partial charge on any atom is 0.240 e. The zero-order chi connectivity index (χ0) is 13.0. The number of amides is 1. The van der Waals surface area contributed by atoms with Gasteiger partial charge < -0.3 is 15.1 Å². The van der Waals surface area contributed by atoms with Crippen LogP contribution in [0.15, 0.2) is 0 Å². The van der Waals surface area contributed by atoms with E-state index in [1.54, 1.807) is 0 Å². The first-order valence-electron chi connectivity index (χ1n) is 7.37. The van der Waals surface area contributed by atoms with Gasteiger partial charge in [-0.05, 0) is 32.9 Å². The van der Waals surface area contributed by atoms with Gasteiger partial charge >= 0.3 is 0 Å². The van der Waals surface area contributed by atoms with Crippen molar-refractivity contribution < 1.29 is 4.79 Å². The maximum atomic E-state index is 12.6. The Morgan fingerprint density at radius 2 is 1.72 bits per heavy atom. The minimum absolute atomic E-state index is 0.0497. The largest absolute Gasteiger partial charge is 0.339 e. The maximum absolute atomic E-state index is 12.6. The van der Waals surface area contributed by atoms with Gasteiger partial charge in [-0.15, -0.1) is 0 Å². The topological polar surface area (TPSA) is 35.6 Å². The number of carbonyl (C=O) groups excluding carboxylic acids is 1. The summed E-state index contributed by atoms with van der Waals surface area (Å²) in [6, 6.07) is 0.0497. The molecule has 0 spiro atoms. The third kappa shape index (κ3) is 3.23. The molecule has 0 radical (unpaired) electrons. The quantitative estimate of drug-likeness (QED) is 0.813. The van der Waals surface area contributed by atoms with Gasteiger partial charge in [-0.1, -0.05) is 19.3 Å². The summed E-state index contributed by atoms with van der Waals surface area (Å²) in [4.78, 5) is 16.9. The Hall–Kier alpha value is -0.610. The average molecular weight is 253 g/mol. The number of likely N-dealkylation sites (N-methyl/N-ethyl adjacent to an activating group) is 2. The fourth-order valence-electron chi connectivity index (χ4n) is 3.25. The smallest absolute Gasteiger partial charge is 0.240 e. The molecule has 0 aromatic carbocycles. The monoisotopic (exact) mass is 253 g/mol. The van der Waals surface area contributed by atoms with E-state index in [2.05, 4.69) is 22.2 Å². The Bertz CT molecular complexity index is 268. The number of piperazine rings is 1. The van der Waals surface area contributed by atoms with Gasteiger partial charge in [-0.2, -0.15) is 0 Å². The van der Waals surface area contributed by atoms with Crippen molar-refractivity contribution in [2.75, 3.05) is 40.3 Å². The molecule has 1 heterocycles. The van der Waals surface area contributed by atoms with Crippen molar-refractivity contribution in [2.45, 2.75) is 38.1 Å². The molecule has 2 fully saturated rings. The van der Waals surface area contributed by atoms with Crippen molar-refractivity contribution >= 4 is 5.91 Å². The van der Waals surface area contributed by atoms with Gasteiger partial charge in [-0.25, -0.2) is 0 Å². The van der Waals surface area contributed by atoms with Crippen LogP contribution in [0.1, 0.15) is 32.1 Å². The van der Waals surface area contributed by atoms with Crippen molar-refractivity contribution in [3.05, 3.63) is 0 Å². The second kappa shape index (κ2) is 6.53. The van der Waals surface area contributed by atoms with Gasteiger partial charge in [0.05, 0.1) is 6.04 Å². The van der Waals surface area contributed by atoms with E-state index in [-0.39, 0.29) is 6.04 Å². The Morgan fingerprint density at radius 3 is 2.28 bits per heavy atom. The number of hydrogen-bond donors (Lipinski definition) is 1. The van der Waals surface area contributed by atoms with E-state index < -0.39 is 0 Å². The minimum Gasteiger partial charge on any atom is -0.339 e. The summed E-state index contributed by atoms with van der Waals surface area (Å²) in [7, 11) is 4.06. The molecule has 1 saturated heterocycles. The van der Waals surface area contributed by atoms with Crippen molar-refractivity contribution in [3.63, 3.8) is 0 Å². The molecule has 4 heteroatoms. The lowest BCUT2D eigenvalue weighted by atomic mass is 9.83. The third-order valence-electron chi connectivity index (χ3n) is 4.51. The molecule has 1 amide bonds. The lowest BCUT2D eigenvalue weighted by molar-refractivity contribution is -0.136. The molecule has 0 unspecified atom stereocenters. The molecule has 4 nitrogen and oxygen atoms in total. The molecule has 0 bridgehead atoms. The molecule has 1 atom stereocenters. The molecule has 2 aliphatic rings. The number of hydrogen-bond acceptors (Lipinski definition) is 3. The lowest BCUT2D eigenvalue weighted by Gasteiger charge is -2.37. The molecule has 0 aromatic rings. The molecule has 1 saturated carbocycles. The first-order chi connectivity index (χ1) is 8.72. The lowest BCUT2D eigenvalue weighted by Crippen LogP contribution is -2.55. The molecule has 1 aliphatic heterocycles. The zero-order valence-corrected chi connectivity index (χ0v) is 11.8. The highest BCUT2D eigenvalue weighted by atomic mass is 16.2.